The first kappa shape index (κ1) is 16.9. The van der Waals surface area contributed by atoms with Crippen LogP contribution in [0.25, 0.3) is 11.3 Å². The highest BCUT2D eigenvalue weighted by atomic mass is 32.2. The van der Waals surface area contributed by atoms with Gasteiger partial charge >= 0.3 is 0 Å². The predicted molar refractivity (Wildman–Crippen MR) is 88.2 cm³/mol. The second kappa shape index (κ2) is 6.74. The smallest absolute Gasteiger partial charge is 0.244 e. The molecule has 0 aliphatic carbocycles. The third kappa shape index (κ3) is 3.84. The van der Waals surface area contributed by atoms with Crippen LogP contribution in [0, 0.1) is 0 Å². The number of carbonyl (C=O) groups is 1. The molecule has 0 spiro atoms. The Morgan fingerprint density at radius 2 is 1.87 bits per heavy atom. The minimum absolute atomic E-state index is 0.233. The maximum absolute atomic E-state index is 12.4. The van der Waals surface area contributed by atoms with Crippen molar-refractivity contribution < 1.29 is 13.2 Å². The van der Waals surface area contributed by atoms with Gasteiger partial charge in [0.1, 0.15) is 6.33 Å². The summed E-state index contributed by atoms with van der Waals surface area (Å²) in [5.74, 6) is -0.504. The highest BCUT2D eigenvalue weighted by molar-refractivity contribution is 7.94. The zero-order chi connectivity index (χ0) is 17.0. The van der Waals surface area contributed by atoms with Crippen LogP contribution in [0.5, 0.6) is 0 Å². The average Bonchev–Trinajstić information content (AvgIpc) is 2.54. The van der Waals surface area contributed by atoms with Gasteiger partial charge in [0.05, 0.1) is 17.6 Å². The van der Waals surface area contributed by atoms with Gasteiger partial charge in [-0.1, -0.05) is 30.3 Å². The topological polar surface area (TPSA) is 92.3 Å². The van der Waals surface area contributed by atoms with Crippen LogP contribution in [0.2, 0.25) is 0 Å². The number of hydrogen-bond acceptors (Lipinski definition) is 5. The number of benzene rings is 1. The van der Waals surface area contributed by atoms with Crippen LogP contribution in [-0.4, -0.2) is 48.5 Å². The van der Waals surface area contributed by atoms with Crippen molar-refractivity contribution in [3.05, 3.63) is 42.9 Å². The zero-order valence-corrected chi connectivity index (χ0v) is 13.9. The predicted octanol–water partition coefficient (Wildman–Crippen LogP) is 1.36. The lowest BCUT2D eigenvalue weighted by Crippen LogP contribution is -2.39. The Hall–Kier alpha value is -2.48. The summed E-state index contributed by atoms with van der Waals surface area (Å²) in [6.07, 6.45) is 2.72. The zero-order valence-electron chi connectivity index (χ0n) is 13.1. The summed E-state index contributed by atoms with van der Waals surface area (Å²) in [5.41, 5.74) is 1.44. The quantitative estimate of drug-likeness (QED) is 0.891. The molecule has 0 radical (unpaired) electrons. The van der Waals surface area contributed by atoms with Crippen molar-refractivity contribution in [2.24, 2.45) is 0 Å². The van der Waals surface area contributed by atoms with Crippen molar-refractivity contribution in [2.75, 3.05) is 18.8 Å². The van der Waals surface area contributed by atoms with Crippen LogP contribution in [0.1, 0.15) is 6.92 Å². The number of nitrogens with zero attached hydrogens (tertiary/aromatic N) is 3. The third-order valence-corrected chi connectivity index (χ3v) is 4.90. The largest absolute Gasteiger partial charge is 0.348 e. The molecule has 7 nitrogen and oxygen atoms in total. The molecule has 1 amide bonds. The number of rotatable bonds is 5. The molecule has 23 heavy (non-hydrogen) atoms. The van der Waals surface area contributed by atoms with E-state index in [0.717, 1.165) is 5.56 Å². The van der Waals surface area contributed by atoms with Crippen molar-refractivity contribution in [1.29, 1.82) is 0 Å². The lowest BCUT2D eigenvalue weighted by atomic mass is 10.1. The standard InChI is InChI=1S/C15H18N4O3S/c1-11(15(20)19(2)3)23(21,22)18-13-9-16-10-17-14(13)12-7-5-4-6-8-12/h4-11,18H,1-3H3. The molecule has 1 aromatic carbocycles. The van der Waals surface area contributed by atoms with E-state index in [4.69, 9.17) is 0 Å². The van der Waals surface area contributed by atoms with E-state index in [-0.39, 0.29) is 5.69 Å². The van der Waals surface area contributed by atoms with E-state index in [1.807, 2.05) is 30.3 Å². The summed E-state index contributed by atoms with van der Waals surface area (Å²) >= 11 is 0. The second-order valence-electron chi connectivity index (χ2n) is 5.17. The van der Waals surface area contributed by atoms with E-state index < -0.39 is 21.2 Å². The van der Waals surface area contributed by atoms with Gasteiger partial charge in [-0.05, 0) is 6.92 Å². The van der Waals surface area contributed by atoms with Gasteiger partial charge in [-0.3, -0.25) is 9.52 Å². The molecule has 8 heteroatoms. The molecule has 0 fully saturated rings. The lowest BCUT2D eigenvalue weighted by molar-refractivity contribution is -0.127. The minimum atomic E-state index is -3.91. The average molecular weight is 334 g/mol. The minimum Gasteiger partial charge on any atom is -0.348 e. The molecule has 0 bridgehead atoms. The first-order valence-electron chi connectivity index (χ1n) is 6.91. The van der Waals surface area contributed by atoms with Crippen molar-refractivity contribution in [1.82, 2.24) is 14.9 Å². The van der Waals surface area contributed by atoms with Crippen molar-refractivity contribution in [3.63, 3.8) is 0 Å². The SMILES string of the molecule is CC(C(=O)N(C)C)S(=O)(=O)Nc1cncnc1-c1ccccc1. The number of sulfonamides is 1. The van der Waals surface area contributed by atoms with E-state index in [1.54, 1.807) is 0 Å². The van der Waals surface area contributed by atoms with Crippen LogP contribution in [0.15, 0.2) is 42.9 Å². The molecular formula is C15H18N4O3S. The van der Waals surface area contributed by atoms with Gasteiger partial charge in [0.2, 0.25) is 15.9 Å². The molecule has 1 aromatic heterocycles. The third-order valence-electron chi connectivity index (χ3n) is 3.27. The maximum atomic E-state index is 12.4. The van der Waals surface area contributed by atoms with Crippen LogP contribution in [-0.2, 0) is 14.8 Å². The van der Waals surface area contributed by atoms with Crippen molar-refractivity contribution in [2.45, 2.75) is 12.2 Å². The number of anilines is 1. The Kier molecular flexibility index (Phi) is 4.95. The first-order chi connectivity index (χ1) is 10.8. The first-order valence-corrected chi connectivity index (χ1v) is 8.46. The van der Waals surface area contributed by atoms with E-state index in [1.165, 1.54) is 38.4 Å². The molecule has 0 aliphatic rings. The highest BCUT2D eigenvalue weighted by Crippen LogP contribution is 2.25. The van der Waals surface area contributed by atoms with Gasteiger partial charge < -0.3 is 4.90 Å². The molecule has 2 aromatic rings. The summed E-state index contributed by atoms with van der Waals surface area (Å²) in [7, 11) is -0.891. The molecule has 0 saturated carbocycles. The normalized spacial score (nSPS) is 12.5. The van der Waals surface area contributed by atoms with Crippen LogP contribution < -0.4 is 4.72 Å². The number of amides is 1. The molecule has 122 valence electrons. The summed E-state index contributed by atoms with van der Waals surface area (Å²) in [5, 5.41) is -1.22. The molecule has 1 heterocycles. The van der Waals surface area contributed by atoms with Gasteiger partial charge in [0, 0.05) is 19.7 Å². The second-order valence-corrected chi connectivity index (χ2v) is 7.17. The van der Waals surface area contributed by atoms with Gasteiger partial charge in [-0.2, -0.15) is 0 Å². The number of aromatic nitrogens is 2. The Labute approximate surface area is 135 Å². The van der Waals surface area contributed by atoms with Gasteiger partial charge in [0.15, 0.2) is 5.25 Å². The van der Waals surface area contributed by atoms with Crippen LogP contribution in [0.4, 0.5) is 5.69 Å². The Balaban J connectivity index is 2.36. The molecule has 1 N–H and O–H groups in total. The number of hydrogen-bond donors (Lipinski definition) is 1. The van der Waals surface area contributed by atoms with E-state index in [0.29, 0.717) is 5.69 Å². The van der Waals surface area contributed by atoms with Crippen molar-refractivity contribution in [3.8, 4) is 11.3 Å². The summed E-state index contributed by atoms with van der Waals surface area (Å²) in [6.45, 7) is 1.34. The fraction of sp³-hybridized carbons (Fsp3) is 0.267. The monoisotopic (exact) mass is 334 g/mol. The molecule has 0 aliphatic heterocycles. The Morgan fingerprint density at radius 1 is 1.22 bits per heavy atom. The van der Waals surface area contributed by atoms with E-state index in [9.17, 15) is 13.2 Å². The molecule has 0 saturated heterocycles. The van der Waals surface area contributed by atoms with Crippen LogP contribution in [0.3, 0.4) is 0 Å². The van der Waals surface area contributed by atoms with E-state index in [2.05, 4.69) is 14.7 Å². The van der Waals surface area contributed by atoms with Gasteiger partial charge in [-0.15, -0.1) is 0 Å². The molecule has 1 atom stereocenters. The highest BCUT2D eigenvalue weighted by Gasteiger charge is 2.30. The number of carbonyl (C=O) groups excluding carboxylic acids is 1. The maximum Gasteiger partial charge on any atom is 0.244 e. The van der Waals surface area contributed by atoms with Gasteiger partial charge in [0.25, 0.3) is 0 Å². The molecule has 1 unspecified atom stereocenters. The molecule has 2 rings (SSSR count). The van der Waals surface area contributed by atoms with E-state index >= 15 is 0 Å². The van der Waals surface area contributed by atoms with Crippen molar-refractivity contribution >= 4 is 21.6 Å². The fourth-order valence-electron chi connectivity index (χ4n) is 1.97. The lowest BCUT2D eigenvalue weighted by Gasteiger charge is -2.19. The molecular weight excluding hydrogens is 316 g/mol. The van der Waals surface area contributed by atoms with Gasteiger partial charge in [-0.25, -0.2) is 18.4 Å². The number of nitrogens with one attached hydrogen (secondary N) is 1. The fourth-order valence-corrected chi connectivity index (χ4v) is 3.08. The summed E-state index contributed by atoms with van der Waals surface area (Å²) < 4.78 is 27.3. The summed E-state index contributed by atoms with van der Waals surface area (Å²) in [4.78, 5) is 21.1. The Morgan fingerprint density at radius 3 is 2.48 bits per heavy atom. The summed E-state index contributed by atoms with van der Waals surface area (Å²) in [6, 6.07) is 9.14. The Bertz CT molecular complexity index is 791. The van der Waals surface area contributed by atoms with Crippen LogP contribution >= 0.6 is 0 Å².